The van der Waals surface area contributed by atoms with Crippen molar-refractivity contribution >= 4 is 24.0 Å². The van der Waals surface area contributed by atoms with Crippen molar-refractivity contribution in [3.05, 3.63) is 48.0 Å². The Bertz CT molecular complexity index is 734. The number of hydrogen-bond donors (Lipinski definition) is 2. The third-order valence-electron chi connectivity index (χ3n) is 2.94. The van der Waals surface area contributed by atoms with Crippen LogP contribution >= 0.6 is 11.8 Å². The summed E-state index contributed by atoms with van der Waals surface area (Å²) in [6, 6.07) is 5.43. The fraction of sp³-hybridized carbons (Fsp3) is 0.235. The molecule has 0 spiro atoms. The molecule has 128 valence electrons. The van der Waals surface area contributed by atoms with Crippen LogP contribution in [0.3, 0.4) is 0 Å². The van der Waals surface area contributed by atoms with Crippen LogP contribution in [0.1, 0.15) is 24.2 Å². The summed E-state index contributed by atoms with van der Waals surface area (Å²) >= 11 is 1.30. The van der Waals surface area contributed by atoms with Crippen LogP contribution in [0.5, 0.6) is 0 Å². The van der Waals surface area contributed by atoms with Crippen LogP contribution in [0.15, 0.2) is 41.6 Å². The summed E-state index contributed by atoms with van der Waals surface area (Å²) in [7, 11) is 1.00. The Morgan fingerprint density at radius 3 is 2.46 bits per heavy atom. The SMILES string of the molecule is CC(C)(C=O)Sc1ccncc1-c1ccc(C(=O)O)cc1F.CO. The highest BCUT2D eigenvalue weighted by Gasteiger charge is 2.21. The predicted molar refractivity (Wildman–Crippen MR) is 90.7 cm³/mol. The molecule has 0 radical (unpaired) electrons. The fourth-order valence-corrected chi connectivity index (χ4v) is 2.86. The van der Waals surface area contributed by atoms with Gasteiger partial charge in [0.05, 0.1) is 10.3 Å². The Morgan fingerprint density at radius 1 is 1.25 bits per heavy atom. The first kappa shape index (κ1) is 19.8. The molecule has 2 aromatic rings. The minimum atomic E-state index is -1.19. The standard InChI is InChI=1S/C16H14FNO3S.CH4O/c1-16(2,9-19)22-14-5-6-18-8-12(14)11-4-3-10(15(20)21)7-13(11)17;1-2/h3-9H,1-2H3,(H,20,21);2H,1H3. The smallest absolute Gasteiger partial charge is 0.335 e. The zero-order valence-electron chi connectivity index (χ0n) is 13.5. The second-order valence-corrected chi connectivity index (χ2v) is 6.89. The van der Waals surface area contributed by atoms with Crippen molar-refractivity contribution in [3.63, 3.8) is 0 Å². The van der Waals surface area contributed by atoms with E-state index in [0.29, 0.717) is 10.5 Å². The highest BCUT2D eigenvalue weighted by Crippen LogP contribution is 2.38. The molecule has 7 heteroatoms. The van der Waals surface area contributed by atoms with E-state index in [1.54, 1.807) is 26.1 Å². The van der Waals surface area contributed by atoms with Crippen molar-refractivity contribution in [3.8, 4) is 11.1 Å². The summed E-state index contributed by atoms with van der Waals surface area (Å²) in [4.78, 5) is 26.7. The molecule has 0 saturated carbocycles. The lowest BCUT2D eigenvalue weighted by Gasteiger charge is -2.18. The first-order chi connectivity index (χ1) is 11.3. The number of aromatic nitrogens is 1. The number of carbonyl (C=O) groups is 2. The highest BCUT2D eigenvalue weighted by atomic mass is 32.2. The maximum Gasteiger partial charge on any atom is 0.335 e. The molecule has 0 aliphatic rings. The maximum absolute atomic E-state index is 14.2. The highest BCUT2D eigenvalue weighted by molar-refractivity contribution is 8.01. The Balaban J connectivity index is 0.00000139. The molecule has 0 aliphatic carbocycles. The number of carboxylic acid groups (broad SMARTS) is 1. The topological polar surface area (TPSA) is 87.5 Å². The van der Waals surface area contributed by atoms with Crippen molar-refractivity contribution in [2.45, 2.75) is 23.5 Å². The lowest BCUT2D eigenvalue weighted by atomic mass is 10.0. The summed E-state index contributed by atoms with van der Waals surface area (Å²) < 4.78 is 13.6. The second-order valence-electron chi connectivity index (χ2n) is 5.19. The van der Waals surface area contributed by atoms with Crippen molar-refractivity contribution in [1.82, 2.24) is 4.98 Å². The van der Waals surface area contributed by atoms with E-state index in [1.165, 1.54) is 30.1 Å². The summed E-state index contributed by atoms with van der Waals surface area (Å²) in [5.74, 6) is -1.83. The quantitative estimate of drug-likeness (QED) is 0.635. The number of hydrogen-bond acceptors (Lipinski definition) is 5. The summed E-state index contributed by atoms with van der Waals surface area (Å²) in [6.07, 6.45) is 3.89. The molecule has 2 N–H and O–H groups in total. The second kappa shape index (κ2) is 8.56. The lowest BCUT2D eigenvalue weighted by molar-refractivity contribution is -0.109. The monoisotopic (exact) mass is 351 g/mol. The van der Waals surface area contributed by atoms with E-state index in [2.05, 4.69) is 4.98 Å². The number of aliphatic hydroxyl groups is 1. The van der Waals surface area contributed by atoms with Crippen LogP contribution in [0, 0.1) is 5.82 Å². The third kappa shape index (κ3) is 4.87. The van der Waals surface area contributed by atoms with Crippen LogP contribution < -0.4 is 0 Å². The summed E-state index contributed by atoms with van der Waals surface area (Å²) in [6.45, 7) is 3.53. The molecular formula is C17H18FNO4S. The molecule has 0 atom stereocenters. The Morgan fingerprint density at radius 2 is 1.92 bits per heavy atom. The van der Waals surface area contributed by atoms with Gasteiger partial charge in [0.1, 0.15) is 12.1 Å². The van der Waals surface area contributed by atoms with Crippen molar-refractivity contribution in [2.75, 3.05) is 7.11 Å². The van der Waals surface area contributed by atoms with Gasteiger partial charge in [0.25, 0.3) is 0 Å². The van der Waals surface area contributed by atoms with Gasteiger partial charge >= 0.3 is 5.97 Å². The molecule has 0 aliphatic heterocycles. The average molecular weight is 351 g/mol. The first-order valence-electron chi connectivity index (χ1n) is 6.91. The van der Waals surface area contributed by atoms with Gasteiger partial charge in [0.2, 0.25) is 0 Å². The van der Waals surface area contributed by atoms with Crippen LogP contribution in [-0.2, 0) is 4.79 Å². The molecule has 5 nitrogen and oxygen atoms in total. The van der Waals surface area contributed by atoms with Crippen LogP contribution in [-0.4, -0.2) is 39.3 Å². The minimum absolute atomic E-state index is 0.118. The molecule has 2 rings (SSSR count). The fourth-order valence-electron chi connectivity index (χ4n) is 1.85. The van der Waals surface area contributed by atoms with Crippen molar-refractivity contribution in [2.24, 2.45) is 0 Å². The molecule has 24 heavy (non-hydrogen) atoms. The van der Waals surface area contributed by atoms with E-state index in [4.69, 9.17) is 10.2 Å². The van der Waals surface area contributed by atoms with Gasteiger partial charge in [-0.05, 0) is 32.0 Å². The number of pyridine rings is 1. The van der Waals surface area contributed by atoms with Crippen molar-refractivity contribution < 1.29 is 24.2 Å². The van der Waals surface area contributed by atoms with E-state index >= 15 is 0 Å². The Labute approximate surface area is 143 Å². The van der Waals surface area contributed by atoms with E-state index in [1.807, 2.05) is 0 Å². The number of benzene rings is 1. The van der Waals surface area contributed by atoms with Gasteiger partial charge in [-0.2, -0.15) is 0 Å². The number of thioether (sulfide) groups is 1. The molecule has 1 aromatic heterocycles. The summed E-state index contributed by atoms with van der Waals surface area (Å²) in [5.41, 5.74) is 0.659. The minimum Gasteiger partial charge on any atom is -0.478 e. The lowest BCUT2D eigenvalue weighted by Crippen LogP contribution is -2.15. The van der Waals surface area contributed by atoms with E-state index in [-0.39, 0.29) is 11.1 Å². The molecule has 0 amide bonds. The number of halogens is 1. The zero-order valence-corrected chi connectivity index (χ0v) is 14.3. The number of nitrogens with zero attached hydrogens (tertiary/aromatic N) is 1. The number of carboxylic acids is 1. The van der Waals surface area contributed by atoms with Gasteiger partial charge in [0.15, 0.2) is 0 Å². The maximum atomic E-state index is 14.2. The molecular weight excluding hydrogens is 333 g/mol. The molecule has 1 heterocycles. The van der Waals surface area contributed by atoms with E-state index < -0.39 is 16.5 Å². The predicted octanol–water partition coefficient (Wildman–Crippen LogP) is 3.26. The molecule has 0 unspecified atom stereocenters. The number of rotatable bonds is 5. The van der Waals surface area contributed by atoms with Gasteiger partial charge < -0.3 is 15.0 Å². The number of aliphatic hydroxyl groups excluding tert-OH is 1. The first-order valence-corrected chi connectivity index (χ1v) is 7.73. The van der Waals surface area contributed by atoms with Crippen LogP contribution in [0.4, 0.5) is 4.39 Å². The number of aldehydes is 1. The van der Waals surface area contributed by atoms with Crippen LogP contribution in [0.25, 0.3) is 11.1 Å². The van der Waals surface area contributed by atoms with Crippen LogP contribution in [0.2, 0.25) is 0 Å². The average Bonchev–Trinajstić information content (AvgIpc) is 2.57. The molecule has 1 aromatic carbocycles. The van der Waals surface area contributed by atoms with Gasteiger partial charge in [-0.1, -0.05) is 6.07 Å². The van der Waals surface area contributed by atoms with E-state index in [9.17, 15) is 14.0 Å². The third-order valence-corrected chi connectivity index (χ3v) is 4.14. The van der Waals surface area contributed by atoms with Gasteiger partial charge in [0, 0.05) is 35.5 Å². The normalized spacial score (nSPS) is 10.5. The van der Waals surface area contributed by atoms with Gasteiger partial charge in [-0.15, -0.1) is 11.8 Å². The molecule has 0 saturated heterocycles. The largest absolute Gasteiger partial charge is 0.478 e. The van der Waals surface area contributed by atoms with Gasteiger partial charge in [-0.25, -0.2) is 9.18 Å². The number of aromatic carboxylic acids is 1. The van der Waals surface area contributed by atoms with Crippen molar-refractivity contribution in [1.29, 1.82) is 0 Å². The zero-order chi connectivity index (χ0) is 18.3. The number of carbonyl (C=O) groups excluding carboxylic acids is 1. The van der Waals surface area contributed by atoms with Gasteiger partial charge in [-0.3, -0.25) is 4.98 Å². The summed E-state index contributed by atoms with van der Waals surface area (Å²) in [5, 5.41) is 15.9. The van der Waals surface area contributed by atoms with E-state index in [0.717, 1.165) is 19.5 Å². The Kier molecular flexibility index (Phi) is 7.06. The molecule has 0 bridgehead atoms. The Hall–Kier alpha value is -2.25. The molecule has 0 fully saturated rings.